The summed E-state index contributed by atoms with van der Waals surface area (Å²) in [6.07, 6.45) is 0. The first-order valence-corrected chi connectivity index (χ1v) is 7.42. The molecule has 1 nitrogen and oxygen atoms in total. The SMILES string of the molecule is Cc1cc(Br)cc(NC(C)c2cccc(Br)c2)c1. The van der Waals surface area contributed by atoms with Gasteiger partial charge in [0.25, 0.3) is 0 Å². The Hall–Kier alpha value is -0.800. The van der Waals surface area contributed by atoms with Crippen molar-refractivity contribution in [3.05, 3.63) is 62.5 Å². The van der Waals surface area contributed by atoms with Crippen LogP contribution in [0, 0.1) is 6.92 Å². The summed E-state index contributed by atoms with van der Waals surface area (Å²) in [5.41, 5.74) is 3.64. The number of hydrogen-bond donors (Lipinski definition) is 1. The van der Waals surface area contributed by atoms with Crippen molar-refractivity contribution in [2.45, 2.75) is 19.9 Å². The smallest absolute Gasteiger partial charge is 0.0486 e. The van der Waals surface area contributed by atoms with Crippen LogP contribution in [0.5, 0.6) is 0 Å². The molecular weight excluding hydrogens is 354 g/mol. The van der Waals surface area contributed by atoms with E-state index in [1.165, 1.54) is 11.1 Å². The minimum absolute atomic E-state index is 0.274. The maximum absolute atomic E-state index is 3.52. The van der Waals surface area contributed by atoms with Gasteiger partial charge in [-0.2, -0.15) is 0 Å². The predicted molar refractivity (Wildman–Crippen MR) is 85.1 cm³/mol. The second-order valence-corrected chi connectivity index (χ2v) is 6.27. The Morgan fingerprint density at radius 1 is 1.00 bits per heavy atom. The summed E-state index contributed by atoms with van der Waals surface area (Å²) in [5.74, 6) is 0. The number of rotatable bonds is 3. The van der Waals surface area contributed by atoms with Gasteiger partial charge in [-0.05, 0) is 55.3 Å². The van der Waals surface area contributed by atoms with Crippen LogP contribution in [0.4, 0.5) is 5.69 Å². The van der Waals surface area contributed by atoms with Crippen LogP contribution in [0.2, 0.25) is 0 Å². The molecule has 2 aromatic carbocycles. The summed E-state index contributed by atoms with van der Waals surface area (Å²) in [6, 6.07) is 15.0. The predicted octanol–water partition coefficient (Wildman–Crippen LogP) is 5.69. The zero-order chi connectivity index (χ0) is 13.1. The van der Waals surface area contributed by atoms with Crippen molar-refractivity contribution < 1.29 is 0 Å². The first-order chi connectivity index (χ1) is 8.54. The number of anilines is 1. The molecular formula is C15H15Br2N. The standard InChI is InChI=1S/C15H15Br2N/c1-10-6-14(17)9-15(7-10)18-11(2)12-4-3-5-13(16)8-12/h3-9,11,18H,1-2H3. The van der Waals surface area contributed by atoms with E-state index in [1.54, 1.807) is 0 Å². The van der Waals surface area contributed by atoms with Crippen LogP contribution in [0.15, 0.2) is 51.4 Å². The third-order valence-electron chi connectivity index (χ3n) is 2.77. The van der Waals surface area contributed by atoms with E-state index in [9.17, 15) is 0 Å². The maximum Gasteiger partial charge on any atom is 0.0486 e. The van der Waals surface area contributed by atoms with Gasteiger partial charge in [-0.1, -0.05) is 44.0 Å². The van der Waals surface area contributed by atoms with E-state index in [2.05, 4.69) is 87.4 Å². The van der Waals surface area contributed by atoms with E-state index in [0.717, 1.165) is 14.6 Å². The van der Waals surface area contributed by atoms with Crippen LogP contribution in [0.3, 0.4) is 0 Å². The van der Waals surface area contributed by atoms with Crippen LogP contribution < -0.4 is 5.32 Å². The van der Waals surface area contributed by atoms with Crippen molar-refractivity contribution in [3.8, 4) is 0 Å². The first-order valence-electron chi connectivity index (χ1n) is 5.84. The van der Waals surface area contributed by atoms with Crippen LogP contribution in [-0.4, -0.2) is 0 Å². The fourth-order valence-electron chi connectivity index (χ4n) is 1.93. The third-order valence-corrected chi connectivity index (χ3v) is 3.73. The summed E-state index contributed by atoms with van der Waals surface area (Å²) < 4.78 is 2.21. The Morgan fingerprint density at radius 2 is 1.78 bits per heavy atom. The Labute approximate surface area is 125 Å². The van der Waals surface area contributed by atoms with Crippen LogP contribution in [0.25, 0.3) is 0 Å². The lowest BCUT2D eigenvalue weighted by Gasteiger charge is -2.16. The first kappa shape index (κ1) is 13.6. The lowest BCUT2D eigenvalue weighted by atomic mass is 10.1. The zero-order valence-electron chi connectivity index (χ0n) is 10.4. The molecule has 18 heavy (non-hydrogen) atoms. The van der Waals surface area contributed by atoms with Crippen molar-refractivity contribution >= 4 is 37.5 Å². The van der Waals surface area contributed by atoms with E-state index >= 15 is 0 Å². The van der Waals surface area contributed by atoms with Crippen molar-refractivity contribution in [1.82, 2.24) is 0 Å². The summed E-state index contributed by atoms with van der Waals surface area (Å²) in [7, 11) is 0. The fourth-order valence-corrected chi connectivity index (χ4v) is 2.95. The molecule has 0 aliphatic rings. The van der Waals surface area contributed by atoms with Gasteiger partial charge in [-0.3, -0.25) is 0 Å². The van der Waals surface area contributed by atoms with Crippen LogP contribution in [0.1, 0.15) is 24.1 Å². The van der Waals surface area contributed by atoms with Gasteiger partial charge in [0.05, 0.1) is 0 Å². The third kappa shape index (κ3) is 3.59. The molecule has 0 aliphatic carbocycles. The van der Waals surface area contributed by atoms with Crippen molar-refractivity contribution in [2.24, 2.45) is 0 Å². The molecule has 1 unspecified atom stereocenters. The minimum atomic E-state index is 0.274. The van der Waals surface area contributed by atoms with Crippen LogP contribution in [-0.2, 0) is 0 Å². The molecule has 0 aromatic heterocycles. The Morgan fingerprint density at radius 3 is 2.44 bits per heavy atom. The molecule has 0 radical (unpaired) electrons. The molecule has 0 spiro atoms. The van der Waals surface area contributed by atoms with E-state index < -0.39 is 0 Å². The normalized spacial score (nSPS) is 12.2. The molecule has 0 amide bonds. The molecule has 1 atom stereocenters. The second kappa shape index (κ2) is 5.89. The highest BCUT2D eigenvalue weighted by Gasteiger charge is 2.06. The number of aryl methyl sites for hydroxylation is 1. The summed E-state index contributed by atoms with van der Waals surface area (Å²) in [4.78, 5) is 0. The van der Waals surface area contributed by atoms with Crippen LogP contribution >= 0.6 is 31.9 Å². The van der Waals surface area contributed by atoms with Gasteiger partial charge < -0.3 is 5.32 Å². The number of benzene rings is 2. The Balaban J connectivity index is 2.18. The van der Waals surface area contributed by atoms with Gasteiger partial charge in [-0.25, -0.2) is 0 Å². The van der Waals surface area contributed by atoms with Gasteiger partial charge >= 0.3 is 0 Å². The molecule has 0 fully saturated rings. The maximum atomic E-state index is 3.52. The van der Waals surface area contributed by atoms with Crippen molar-refractivity contribution in [3.63, 3.8) is 0 Å². The molecule has 1 N–H and O–H groups in total. The second-order valence-electron chi connectivity index (χ2n) is 4.44. The molecule has 0 saturated heterocycles. The molecule has 0 bridgehead atoms. The minimum Gasteiger partial charge on any atom is -0.378 e. The van der Waals surface area contributed by atoms with Gasteiger partial charge in [0, 0.05) is 20.7 Å². The monoisotopic (exact) mass is 367 g/mol. The fraction of sp³-hybridized carbons (Fsp3) is 0.200. The average Bonchev–Trinajstić information content (AvgIpc) is 2.27. The summed E-state index contributed by atoms with van der Waals surface area (Å²) in [6.45, 7) is 4.26. The largest absolute Gasteiger partial charge is 0.378 e. The quantitative estimate of drug-likeness (QED) is 0.733. The number of hydrogen-bond acceptors (Lipinski definition) is 1. The van der Waals surface area contributed by atoms with Gasteiger partial charge in [0.2, 0.25) is 0 Å². The van der Waals surface area contributed by atoms with Crippen molar-refractivity contribution in [1.29, 1.82) is 0 Å². The van der Waals surface area contributed by atoms with E-state index in [0.29, 0.717) is 0 Å². The zero-order valence-corrected chi connectivity index (χ0v) is 13.5. The van der Waals surface area contributed by atoms with E-state index in [-0.39, 0.29) is 6.04 Å². The molecule has 94 valence electrons. The number of nitrogens with one attached hydrogen (secondary N) is 1. The highest BCUT2D eigenvalue weighted by atomic mass is 79.9. The highest BCUT2D eigenvalue weighted by molar-refractivity contribution is 9.10. The summed E-state index contributed by atoms with van der Waals surface area (Å²) in [5, 5.41) is 3.52. The van der Waals surface area contributed by atoms with Gasteiger partial charge in [-0.15, -0.1) is 0 Å². The van der Waals surface area contributed by atoms with E-state index in [4.69, 9.17) is 0 Å². The summed E-state index contributed by atoms with van der Waals surface area (Å²) >= 11 is 7.03. The topological polar surface area (TPSA) is 12.0 Å². The molecule has 3 heteroatoms. The van der Waals surface area contributed by atoms with Gasteiger partial charge in [0.1, 0.15) is 0 Å². The van der Waals surface area contributed by atoms with Crippen molar-refractivity contribution in [2.75, 3.05) is 5.32 Å². The van der Waals surface area contributed by atoms with Gasteiger partial charge in [0.15, 0.2) is 0 Å². The Kier molecular flexibility index (Phi) is 4.46. The number of halogens is 2. The lowest BCUT2D eigenvalue weighted by molar-refractivity contribution is 0.883. The molecule has 2 aromatic rings. The molecule has 0 saturated carbocycles. The lowest BCUT2D eigenvalue weighted by Crippen LogP contribution is -2.06. The molecule has 0 heterocycles. The molecule has 2 rings (SSSR count). The van der Waals surface area contributed by atoms with E-state index in [1.807, 2.05) is 6.07 Å². The highest BCUT2D eigenvalue weighted by Crippen LogP contribution is 2.25. The average molecular weight is 369 g/mol. The molecule has 0 aliphatic heterocycles. The Bertz CT molecular complexity index is 532.